The summed E-state index contributed by atoms with van der Waals surface area (Å²) >= 11 is 0. The van der Waals surface area contributed by atoms with Gasteiger partial charge >= 0.3 is 0 Å². The maximum absolute atomic E-state index is 14.0. The Hall–Kier alpha value is -4.31. The van der Waals surface area contributed by atoms with Gasteiger partial charge in [-0.15, -0.1) is 0 Å². The molecule has 3 atom stereocenters. The second kappa shape index (κ2) is 11.6. The van der Waals surface area contributed by atoms with Gasteiger partial charge in [-0.3, -0.25) is 15.0 Å². The Morgan fingerprint density at radius 1 is 0.818 bits per heavy atom. The number of piperazine rings is 1. The van der Waals surface area contributed by atoms with Crippen LogP contribution in [0.15, 0.2) is 120 Å². The van der Waals surface area contributed by atoms with Crippen LogP contribution in [0.5, 0.6) is 0 Å². The molecule has 3 unspecified atom stereocenters. The van der Waals surface area contributed by atoms with Gasteiger partial charge in [0, 0.05) is 49.9 Å². The van der Waals surface area contributed by atoms with Crippen LogP contribution in [0.2, 0.25) is 0 Å². The van der Waals surface area contributed by atoms with Gasteiger partial charge < -0.3 is 5.32 Å². The maximum atomic E-state index is 14.0. The first-order chi connectivity index (χ1) is 21.4. The number of nitrogens with zero attached hydrogens (tertiary/aromatic N) is 3. The van der Waals surface area contributed by atoms with E-state index in [4.69, 9.17) is 0 Å². The SMILES string of the molecule is O=[N+]([O-])c1ccc(C2Nc3ccc(S(=O)(=O)N4CCN(C(c5ccccc5)c5ccccc5)CC4)cc3C3C=CCC32)cc1. The molecule has 224 valence electrons. The normalized spacial score (nSPS) is 21.9. The number of nitro benzene ring substituents is 1. The number of nitrogens with one attached hydrogen (secondary N) is 1. The van der Waals surface area contributed by atoms with E-state index in [9.17, 15) is 18.5 Å². The van der Waals surface area contributed by atoms with Crippen LogP contribution >= 0.6 is 0 Å². The molecule has 0 radical (unpaired) electrons. The van der Waals surface area contributed by atoms with Crippen LogP contribution in [-0.4, -0.2) is 48.7 Å². The first-order valence-electron chi connectivity index (χ1n) is 15.1. The number of allylic oxidation sites excluding steroid dienone is 2. The lowest BCUT2D eigenvalue weighted by molar-refractivity contribution is -0.384. The van der Waals surface area contributed by atoms with Crippen molar-refractivity contribution in [1.29, 1.82) is 0 Å². The van der Waals surface area contributed by atoms with E-state index in [1.165, 1.54) is 11.1 Å². The largest absolute Gasteiger partial charge is 0.378 e. The summed E-state index contributed by atoms with van der Waals surface area (Å²) in [6.45, 7) is 2.10. The number of hydrogen-bond donors (Lipinski definition) is 1. The first kappa shape index (κ1) is 28.5. The second-order valence-electron chi connectivity index (χ2n) is 11.7. The molecule has 3 aliphatic rings. The average molecular weight is 607 g/mol. The Labute approximate surface area is 257 Å². The van der Waals surface area contributed by atoms with Crippen LogP contribution in [0.3, 0.4) is 0 Å². The van der Waals surface area contributed by atoms with Crippen molar-refractivity contribution in [2.24, 2.45) is 5.92 Å². The summed E-state index contributed by atoms with van der Waals surface area (Å²) in [5.74, 6) is 0.259. The van der Waals surface area contributed by atoms with Crippen LogP contribution in [0.1, 0.15) is 46.7 Å². The van der Waals surface area contributed by atoms with Gasteiger partial charge in [0.2, 0.25) is 10.0 Å². The third-order valence-electron chi connectivity index (χ3n) is 9.30. The molecule has 1 fully saturated rings. The Kier molecular flexibility index (Phi) is 7.53. The molecule has 4 aromatic rings. The smallest absolute Gasteiger partial charge is 0.269 e. The lowest BCUT2D eigenvalue weighted by Gasteiger charge is -2.40. The standard InChI is InChI=1S/C35H34N4O4S/c40-39(41)28-16-14-25(15-17-28)34-31-13-7-12-30(31)32-24-29(18-19-33(32)36-34)44(42,43)38-22-20-37(21-23-38)35(26-8-3-1-4-9-26)27-10-5-2-6-11-27/h1-12,14-19,24,30-31,34-36H,13,20-23H2. The fraction of sp³-hybridized carbons (Fsp3) is 0.257. The van der Waals surface area contributed by atoms with Crippen LogP contribution in [0.4, 0.5) is 11.4 Å². The van der Waals surface area contributed by atoms with Gasteiger partial charge in [-0.2, -0.15) is 4.31 Å². The quantitative estimate of drug-likeness (QED) is 0.146. The Bertz CT molecular complexity index is 1750. The Morgan fingerprint density at radius 2 is 1.45 bits per heavy atom. The van der Waals surface area contributed by atoms with Gasteiger partial charge in [0.25, 0.3) is 5.69 Å². The minimum absolute atomic E-state index is 0.0268. The Balaban J connectivity index is 1.11. The third kappa shape index (κ3) is 5.21. The number of rotatable bonds is 7. The van der Waals surface area contributed by atoms with E-state index < -0.39 is 10.0 Å². The molecule has 1 saturated heterocycles. The summed E-state index contributed by atoms with van der Waals surface area (Å²) in [5.41, 5.74) is 5.33. The van der Waals surface area contributed by atoms with Crippen molar-refractivity contribution in [1.82, 2.24) is 9.21 Å². The van der Waals surface area contributed by atoms with Crippen molar-refractivity contribution in [3.05, 3.63) is 148 Å². The number of nitro groups is 1. The van der Waals surface area contributed by atoms with Crippen LogP contribution < -0.4 is 5.32 Å². The molecule has 0 bridgehead atoms. The van der Waals surface area contributed by atoms with E-state index in [1.807, 2.05) is 36.4 Å². The van der Waals surface area contributed by atoms with Crippen molar-refractivity contribution in [2.75, 3.05) is 31.5 Å². The zero-order valence-corrected chi connectivity index (χ0v) is 25.0. The molecule has 1 aliphatic carbocycles. The number of fused-ring (bicyclic) bond motifs is 3. The van der Waals surface area contributed by atoms with Gasteiger partial charge in [0.05, 0.1) is 21.9 Å². The van der Waals surface area contributed by atoms with Gasteiger partial charge in [-0.25, -0.2) is 8.42 Å². The zero-order chi connectivity index (χ0) is 30.3. The summed E-state index contributed by atoms with van der Waals surface area (Å²) < 4.78 is 29.6. The molecule has 2 aliphatic heterocycles. The van der Waals surface area contributed by atoms with E-state index in [-0.39, 0.29) is 34.5 Å². The molecule has 0 spiro atoms. The third-order valence-corrected chi connectivity index (χ3v) is 11.2. The van der Waals surface area contributed by atoms with Crippen LogP contribution in [0.25, 0.3) is 0 Å². The van der Waals surface area contributed by atoms with Crippen molar-refractivity contribution in [3.8, 4) is 0 Å². The highest BCUT2D eigenvalue weighted by Gasteiger charge is 2.39. The molecule has 7 rings (SSSR count). The van der Waals surface area contributed by atoms with Crippen molar-refractivity contribution < 1.29 is 13.3 Å². The first-order valence-corrected chi connectivity index (χ1v) is 16.5. The molecular weight excluding hydrogens is 572 g/mol. The van der Waals surface area contributed by atoms with E-state index >= 15 is 0 Å². The molecule has 0 amide bonds. The van der Waals surface area contributed by atoms with Crippen molar-refractivity contribution >= 4 is 21.4 Å². The molecule has 1 N–H and O–H groups in total. The molecule has 4 aromatic carbocycles. The van der Waals surface area contributed by atoms with Gasteiger partial charge in [-0.05, 0) is 52.8 Å². The molecule has 2 heterocycles. The summed E-state index contributed by atoms with van der Waals surface area (Å²) in [7, 11) is -3.69. The molecule has 44 heavy (non-hydrogen) atoms. The molecular formula is C35H34N4O4S. The summed E-state index contributed by atoms with van der Waals surface area (Å²) in [6, 6.07) is 33.0. The topological polar surface area (TPSA) is 95.8 Å². The monoisotopic (exact) mass is 606 g/mol. The van der Waals surface area contributed by atoms with Gasteiger partial charge in [0.15, 0.2) is 0 Å². The molecule has 0 saturated carbocycles. The fourth-order valence-corrected chi connectivity index (χ4v) is 8.56. The highest BCUT2D eigenvalue weighted by atomic mass is 32.2. The number of non-ortho nitro benzene ring substituents is 1. The second-order valence-corrected chi connectivity index (χ2v) is 13.7. The summed E-state index contributed by atoms with van der Waals surface area (Å²) in [6.07, 6.45) is 5.17. The highest BCUT2D eigenvalue weighted by molar-refractivity contribution is 7.89. The average Bonchev–Trinajstić information content (AvgIpc) is 3.56. The van der Waals surface area contributed by atoms with Crippen LogP contribution in [0, 0.1) is 16.0 Å². The minimum Gasteiger partial charge on any atom is -0.378 e. The van der Waals surface area contributed by atoms with Crippen molar-refractivity contribution in [3.63, 3.8) is 0 Å². The molecule has 9 heteroatoms. The van der Waals surface area contributed by atoms with Gasteiger partial charge in [0.1, 0.15) is 0 Å². The molecule has 0 aromatic heterocycles. The minimum atomic E-state index is -3.69. The summed E-state index contributed by atoms with van der Waals surface area (Å²) in [4.78, 5) is 13.5. The van der Waals surface area contributed by atoms with Crippen LogP contribution in [-0.2, 0) is 10.0 Å². The van der Waals surface area contributed by atoms with E-state index in [0.29, 0.717) is 31.1 Å². The lowest BCUT2D eigenvalue weighted by Crippen LogP contribution is -2.49. The van der Waals surface area contributed by atoms with E-state index in [1.54, 1.807) is 22.5 Å². The number of anilines is 1. The number of sulfonamides is 1. The zero-order valence-electron chi connectivity index (χ0n) is 24.2. The fourth-order valence-electron chi connectivity index (χ4n) is 7.10. The predicted molar refractivity (Wildman–Crippen MR) is 171 cm³/mol. The summed E-state index contributed by atoms with van der Waals surface area (Å²) in [5, 5.41) is 14.8. The number of benzene rings is 4. The predicted octanol–water partition coefficient (Wildman–Crippen LogP) is 6.52. The van der Waals surface area contributed by atoms with Crippen molar-refractivity contribution in [2.45, 2.75) is 29.3 Å². The number of hydrogen-bond acceptors (Lipinski definition) is 6. The molecule has 8 nitrogen and oxygen atoms in total. The van der Waals surface area contributed by atoms with E-state index in [2.05, 4.69) is 70.9 Å². The van der Waals surface area contributed by atoms with E-state index in [0.717, 1.165) is 23.2 Å². The highest BCUT2D eigenvalue weighted by Crippen LogP contribution is 2.50. The Morgan fingerprint density at radius 3 is 2.07 bits per heavy atom. The maximum Gasteiger partial charge on any atom is 0.269 e. The lowest BCUT2D eigenvalue weighted by atomic mass is 9.77. The van der Waals surface area contributed by atoms with Gasteiger partial charge in [-0.1, -0.05) is 84.9 Å².